The van der Waals surface area contributed by atoms with Gasteiger partial charge < -0.3 is 4.74 Å². The van der Waals surface area contributed by atoms with Crippen LogP contribution in [0.5, 0.6) is 5.75 Å². The van der Waals surface area contributed by atoms with Gasteiger partial charge in [0.1, 0.15) is 5.75 Å². The molecule has 0 N–H and O–H groups in total. The van der Waals surface area contributed by atoms with Gasteiger partial charge in [0.05, 0.1) is 17.2 Å². The first-order valence-corrected chi connectivity index (χ1v) is 6.57. The molecular weight excluding hydrogens is 283 g/mol. The maximum atomic E-state index is 11.0. The molecule has 4 heteroatoms. The number of halogens is 2. The molecule has 0 saturated heterocycles. The van der Waals surface area contributed by atoms with Crippen LogP contribution in [0.2, 0.25) is 10.0 Å². The SMILES string of the molecule is O=Cc1c(Cl)cc(Cl)cc1OCCc1ccccc1. The molecule has 0 aliphatic rings. The minimum atomic E-state index is 0.303. The standard InChI is InChI=1S/C15H12Cl2O2/c16-12-8-14(17)13(10-18)15(9-12)19-7-6-11-4-2-1-3-5-11/h1-5,8-10H,6-7H2. The first kappa shape index (κ1) is 13.9. The summed E-state index contributed by atoms with van der Waals surface area (Å²) in [7, 11) is 0. The highest BCUT2D eigenvalue weighted by atomic mass is 35.5. The second kappa shape index (κ2) is 6.60. The highest BCUT2D eigenvalue weighted by Crippen LogP contribution is 2.29. The predicted octanol–water partition coefficient (Wildman–Crippen LogP) is 4.43. The van der Waals surface area contributed by atoms with Gasteiger partial charge in [0.2, 0.25) is 0 Å². The van der Waals surface area contributed by atoms with Gasteiger partial charge in [-0.2, -0.15) is 0 Å². The van der Waals surface area contributed by atoms with Gasteiger partial charge in [-0.15, -0.1) is 0 Å². The molecular formula is C15H12Cl2O2. The van der Waals surface area contributed by atoms with Crippen molar-refractivity contribution in [2.45, 2.75) is 6.42 Å². The summed E-state index contributed by atoms with van der Waals surface area (Å²) in [6.07, 6.45) is 1.43. The van der Waals surface area contributed by atoms with Crippen molar-refractivity contribution in [2.75, 3.05) is 6.61 Å². The lowest BCUT2D eigenvalue weighted by molar-refractivity contribution is 0.112. The number of carbonyl (C=O) groups is 1. The number of ether oxygens (including phenoxy) is 1. The fourth-order valence-corrected chi connectivity index (χ4v) is 2.24. The van der Waals surface area contributed by atoms with Crippen molar-refractivity contribution in [3.05, 3.63) is 63.6 Å². The largest absolute Gasteiger partial charge is 0.492 e. The molecule has 0 radical (unpaired) electrons. The van der Waals surface area contributed by atoms with Crippen molar-refractivity contribution in [3.63, 3.8) is 0 Å². The Balaban J connectivity index is 2.05. The van der Waals surface area contributed by atoms with E-state index in [1.165, 1.54) is 11.6 Å². The fourth-order valence-electron chi connectivity index (χ4n) is 1.72. The molecule has 0 saturated carbocycles. The first-order chi connectivity index (χ1) is 9.20. The Morgan fingerprint density at radius 3 is 2.53 bits per heavy atom. The molecule has 0 spiro atoms. The van der Waals surface area contributed by atoms with Crippen LogP contribution in [-0.4, -0.2) is 12.9 Å². The van der Waals surface area contributed by atoms with Crippen molar-refractivity contribution in [1.29, 1.82) is 0 Å². The molecule has 2 nitrogen and oxygen atoms in total. The van der Waals surface area contributed by atoms with Gasteiger partial charge in [-0.25, -0.2) is 0 Å². The summed E-state index contributed by atoms with van der Waals surface area (Å²) in [5.41, 5.74) is 1.50. The van der Waals surface area contributed by atoms with E-state index in [0.29, 0.717) is 34.3 Å². The quantitative estimate of drug-likeness (QED) is 0.763. The summed E-state index contributed by atoms with van der Waals surface area (Å²) in [6, 6.07) is 13.1. The van der Waals surface area contributed by atoms with E-state index in [1.54, 1.807) is 6.07 Å². The third kappa shape index (κ3) is 3.72. The van der Waals surface area contributed by atoms with E-state index in [1.807, 2.05) is 30.3 Å². The zero-order valence-electron chi connectivity index (χ0n) is 10.1. The van der Waals surface area contributed by atoms with E-state index in [9.17, 15) is 4.79 Å². The van der Waals surface area contributed by atoms with Crippen molar-refractivity contribution in [3.8, 4) is 5.75 Å². The fraction of sp³-hybridized carbons (Fsp3) is 0.133. The Morgan fingerprint density at radius 2 is 1.84 bits per heavy atom. The number of aldehydes is 1. The maximum absolute atomic E-state index is 11.0. The van der Waals surface area contributed by atoms with Crippen LogP contribution in [0.3, 0.4) is 0 Å². The Bertz CT molecular complexity index is 568. The Hall–Kier alpha value is -1.51. The van der Waals surface area contributed by atoms with Crippen molar-refractivity contribution in [2.24, 2.45) is 0 Å². The summed E-state index contributed by atoms with van der Waals surface area (Å²) < 4.78 is 5.59. The second-order valence-electron chi connectivity index (χ2n) is 4.00. The van der Waals surface area contributed by atoms with E-state index in [2.05, 4.69) is 0 Å². The number of hydrogen-bond donors (Lipinski definition) is 0. The van der Waals surface area contributed by atoms with Crippen molar-refractivity contribution in [1.82, 2.24) is 0 Å². The van der Waals surface area contributed by atoms with Gasteiger partial charge in [0.15, 0.2) is 6.29 Å². The molecule has 0 bridgehead atoms. The lowest BCUT2D eigenvalue weighted by Gasteiger charge is -2.10. The van der Waals surface area contributed by atoms with Crippen LogP contribution in [0.15, 0.2) is 42.5 Å². The van der Waals surface area contributed by atoms with Gasteiger partial charge >= 0.3 is 0 Å². The van der Waals surface area contributed by atoms with Crippen LogP contribution in [0.4, 0.5) is 0 Å². The molecule has 2 aromatic rings. The second-order valence-corrected chi connectivity index (χ2v) is 4.84. The molecule has 0 fully saturated rings. The average Bonchev–Trinajstić information content (AvgIpc) is 2.39. The van der Waals surface area contributed by atoms with E-state index in [4.69, 9.17) is 27.9 Å². The normalized spacial score (nSPS) is 10.2. The lowest BCUT2D eigenvalue weighted by atomic mass is 10.2. The molecule has 0 unspecified atom stereocenters. The summed E-state index contributed by atoms with van der Waals surface area (Å²) in [5.74, 6) is 0.420. The minimum Gasteiger partial charge on any atom is -0.492 e. The topological polar surface area (TPSA) is 26.3 Å². The average molecular weight is 295 g/mol. The summed E-state index contributed by atoms with van der Waals surface area (Å²) in [4.78, 5) is 11.0. The summed E-state index contributed by atoms with van der Waals surface area (Å²) >= 11 is 11.8. The van der Waals surface area contributed by atoms with Gasteiger partial charge in [-0.05, 0) is 17.7 Å². The third-order valence-electron chi connectivity index (χ3n) is 2.67. The van der Waals surface area contributed by atoms with Crippen LogP contribution in [0.25, 0.3) is 0 Å². The molecule has 2 rings (SSSR count). The lowest BCUT2D eigenvalue weighted by Crippen LogP contribution is -2.03. The van der Waals surface area contributed by atoms with E-state index < -0.39 is 0 Å². The van der Waals surface area contributed by atoms with Gasteiger partial charge in [0.25, 0.3) is 0 Å². The minimum absolute atomic E-state index is 0.303. The molecule has 0 aliphatic heterocycles. The highest BCUT2D eigenvalue weighted by molar-refractivity contribution is 6.36. The Morgan fingerprint density at radius 1 is 1.11 bits per heavy atom. The highest BCUT2D eigenvalue weighted by Gasteiger charge is 2.09. The van der Waals surface area contributed by atoms with Gasteiger partial charge in [0, 0.05) is 11.4 Å². The van der Waals surface area contributed by atoms with Gasteiger partial charge in [-0.3, -0.25) is 4.79 Å². The Kier molecular flexibility index (Phi) is 4.83. The van der Waals surface area contributed by atoms with Crippen LogP contribution in [0, 0.1) is 0 Å². The molecule has 0 amide bonds. The number of benzene rings is 2. The molecule has 0 aliphatic carbocycles. The smallest absolute Gasteiger partial charge is 0.155 e. The first-order valence-electron chi connectivity index (χ1n) is 5.81. The van der Waals surface area contributed by atoms with Crippen LogP contribution < -0.4 is 4.74 Å². The maximum Gasteiger partial charge on any atom is 0.155 e. The van der Waals surface area contributed by atoms with Crippen LogP contribution >= 0.6 is 23.2 Å². The molecule has 2 aromatic carbocycles. The predicted molar refractivity (Wildman–Crippen MR) is 77.5 cm³/mol. The zero-order valence-corrected chi connectivity index (χ0v) is 11.6. The Labute approximate surface area is 121 Å². The summed E-state index contributed by atoms with van der Waals surface area (Å²) in [5, 5.41) is 0.752. The van der Waals surface area contributed by atoms with Crippen LogP contribution in [-0.2, 0) is 6.42 Å². The summed E-state index contributed by atoms with van der Waals surface area (Å²) in [6.45, 7) is 0.460. The number of rotatable bonds is 5. The van der Waals surface area contributed by atoms with Gasteiger partial charge in [-0.1, -0.05) is 53.5 Å². The molecule has 0 heterocycles. The molecule has 0 aromatic heterocycles. The zero-order chi connectivity index (χ0) is 13.7. The number of carbonyl (C=O) groups excluding carboxylic acids is 1. The number of hydrogen-bond acceptors (Lipinski definition) is 2. The molecule has 98 valence electrons. The van der Waals surface area contributed by atoms with E-state index in [-0.39, 0.29) is 0 Å². The molecule has 0 atom stereocenters. The molecule has 19 heavy (non-hydrogen) atoms. The van der Waals surface area contributed by atoms with Crippen LogP contribution in [0.1, 0.15) is 15.9 Å². The monoisotopic (exact) mass is 294 g/mol. The third-order valence-corrected chi connectivity index (χ3v) is 3.20. The van der Waals surface area contributed by atoms with E-state index >= 15 is 0 Å². The van der Waals surface area contributed by atoms with Crippen molar-refractivity contribution < 1.29 is 9.53 Å². The van der Waals surface area contributed by atoms with E-state index in [0.717, 1.165) is 6.42 Å². The van der Waals surface area contributed by atoms with Crippen molar-refractivity contribution >= 4 is 29.5 Å².